The van der Waals surface area contributed by atoms with Crippen molar-refractivity contribution in [3.8, 4) is 0 Å². The van der Waals surface area contributed by atoms with Gasteiger partial charge in [-0.05, 0) is 25.2 Å². The molecule has 0 aliphatic heterocycles. The van der Waals surface area contributed by atoms with Crippen LogP contribution in [0.4, 0.5) is 0 Å². The van der Waals surface area contributed by atoms with Crippen LogP contribution in [0.5, 0.6) is 0 Å². The second-order valence-corrected chi connectivity index (χ2v) is 20.4. The van der Waals surface area contributed by atoms with Crippen LogP contribution in [0.1, 0.15) is 329 Å². The first-order chi connectivity index (χ1) is 31.4. The fourth-order valence-electron chi connectivity index (χ4n) is 8.92. The number of ether oxygens (including phenoxy) is 3. The van der Waals surface area contributed by atoms with Crippen molar-refractivity contribution < 1.29 is 28.6 Å². The molecule has 0 saturated heterocycles. The van der Waals surface area contributed by atoms with Crippen molar-refractivity contribution in [3.05, 3.63) is 0 Å². The molecule has 0 saturated carbocycles. The Kier molecular flexibility index (Phi) is 51.1. The van der Waals surface area contributed by atoms with Crippen molar-refractivity contribution in [2.45, 2.75) is 336 Å². The first-order valence-corrected chi connectivity index (χ1v) is 28.9. The number of carbonyl (C=O) groups is 3. The van der Waals surface area contributed by atoms with E-state index in [4.69, 9.17) is 14.2 Å². The predicted molar refractivity (Wildman–Crippen MR) is 275 cm³/mol. The van der Waals surface area contributed by atoms with Gasteiger partial charge in [-0.2, -0.15) is 0 Å². The number of esters is 3. The molecule has 64 heavy (non-hydrogen) atoms. The number of hydrogen-bond donors (Lipinski definition) is 0. The van der Waals surface area contributed by atoms with Gasteiger partial charge in [0.15, 0.2) is 6.10 Å². The van der Waals surface area contributed by atoms with Crippen LogP contribution in [0.2, 0.25) is 0 Å². The predicted octanol–water partition coefficient (Wildman–Crippen LogP) is 19.0. The third-order valence-corrected chi connectivity index (χ3v) is 13.3. The number of hydrogen-bond acceptors (Lipinski definition) is 6. The molecule has 0 amide bonds. The van der Waals surface area contributed by atoms with Crippen molar-refractivity contribution in [3.63, 3.8) is 0 Å². The van der Waals surface area contributed by atoms with Gasteiger partial charge in [0.25, 0.3) is 0 Å². The Bertz CT molecular complexity index is 964. The SMILES string of the molecule is CCCCCCCCCCCCCCCCCCCCC(=O)O[C@@H](COC(=O)CCCCCCCCCCCCC)COC(=O)CCCCCCCCCCCCCCCCC(C)C. The highest BCUT2D eigenvalue weighted by atomic mass is 16.6. The smallest absolute Gasteiger partial charge is 0.306 e. The molecule has 6 heteroatoms. The maximum atomic E-state index is 12.8. The molecular weight excluding hydrogens is 793 g/mol. The fraction of sp³-hybridized carbons (Fsp3) is 0.948. The van der Waals surface area contributed by atoms with E-state index in [1.54, 1.807) is 0 Å². The van der Waals surface area contributed by atoms with Crippen LogP contribution in [0.3, 0.4) is 0 Å². The molecule has 1 atom stereocenters. The minimum absolute atomic E-state index is 0.0619. The first-order valence-electron chi connectivity index (χ1n) is 28.9. The van der Waals surface area contributed by atoms with Crippen molar-refractivity contribution in [2.24, 2.45) is 5.92 Å². The molecule has 0 aliphatic carbocycles. The molecule has 0 aromatic rings. The van der Waals surface area contributed by atoms with E-state index >= 15 is 0 Å². The quantitative estimate of drug-likeness (QED) is 0.0344. The van der Waals surface area contributed by atoms with Crippen molar-refractivity contribution in [2.75, 3.05) is 13.2 Å². The van der Waals surface area contributed by atoms with E-state index in [-0.39, 0.29) is 31.1 Å². The lowest BCUT2D eigenvalue weighted by Gasteiger charge is -2.18. The summed E-state index contributed by atoms with van der Waals surface area (Å²) in [6, 6.07) is 0. The Morgan fingerprint density at radius 2 is 0.516 bits per heavy atom. The largest absolute Gasteiger partial charge is 0.462 e. The Morgan fingerprint density at radius 3 is 0.766 bits per heavy atom. The van der Waals surface area contributed by atoms with Gasteiger partial charge in [-0.1, -0.05) is 291 Å². The molecular formula is C58H112O6. The molecule has 380 valence electrons. The molecule has 0 rings (SSSR count). The van der Waals surface area contributed by atoms with Gasteiger partial charge in [0.05, 0.1) is 0 Å². The lowest BCUT2D eigenvalue weighted by atomic mass is 10.0. The summed E-state index contributed by atoms with van der Waals surface area (Å²) in [7, 11) is 0. The molecule has 0 radical (unpaired) electrons. The minimum atomic E-state index is -0.761. The summed E-state index contributed by atoms with van der Waals surface area (Å²) in [5, 5.41) is 0. The standard InChI is InChI=1S/C58H112O6/c1-5-7-9-11-13-15-17-18-19-20-21-22-27-31-35-39-43-47-51-58(61)64-55(52-62-56(59)49-45-41-37-33-28-16-14-12-10-8-6-2)53-63-57(60)50-46-42-38-34-30-26-24-23-25-29-32-36-40-44-48-54(3)4/h54-55H,5-53H2,1-4H3/t55-/m0/s1. The highest BCUT2D eigenvalue weighted by Crippen LogP contribution is 2.18. The Morgan fingerprint density at radius 1 is 0.297 bits per heavy atom. The zero-order valence-corrected chi connectivity index (χ0v) is 43.8. The van der Waals surface area contributed by atoms with Gasteiger partial charge in [0.2, 0.25) is 0 Å². The monoisotopic (exact) mass is 905 g/mol. The number of rotatable bonds is 53. The average molecular weight is 906 g/mol. The highest BCUT2D eigenvalue weighted by molar-refractivity contribution is 5.71. The topological polar surface area (TPSA) is 78.9 Å². The zero-order chi connectivity index (χ0) is 46.7. The third-order valence-electron chi connectivity index (χ3n) is 13.3. The van der Waals surface area contributed by atoms with Gasteiger partial charge in [0, 0.05) is 19.3 Å². The van der Waals surface area contributed by atoms with E-state index < -0.39 is 6.10 Å². The van der Waals surface area contributed by atoms with Crippen molar-refractivity contribution in [1.82, 2.24) is 0 Å². The van der Waals surface area contributed by atoms with Crippen LogP contribution in [-0.2, 0) is 28.6 Å². The van der Waals surface area contributed by atoms with E-state index in [0.717, 1.165) is 63.7 Å². The molecule has 0 aromatic heterocycles. The van der Waals surface area contributed by atoms with Crippen molar-refractivity contribution >= 4 is 17.9 Å². The zero-order valence-electron chi connectivity index (χ0n) is 43.8. The molecule has 0 bridgehead atoms. The lowest BCUT2D eigenvalue weighted by molar-refractivity contribution is -0.167. The molecule has 0 spiro atoms. The van der Waals surface area contributed by atoms with Crippen LogP contribution >= 0.6 is 0 Å². The molecule has 0 fully saturated rings. The molecule has 6 nitrogen and oxygen atoms in total. The van der Waals surface area contributed by atoms with Gasteiger partial charge in [-0.25, -0.2) is 0 Å². The summed E-state index contributed by atoms with van der Waals surface area (Å²) in [5.41, 5.74) is 0. The lowest BCUT2D eigenvalue weighted by Crippen LogP contribution is -2.30. The summed E-state index contributed by atoms with van der Waals surface area (Å²) in [6.45, 7) is 9.06. The number of unbranched alkanes of at least 4 members (excludes halogenated alkanes) is 40. The van der Waals surface area contributed by atoms with E-state index in [9.17, 15) is 14.4 Å². The second-order valence-electron chi connectivity index (χ2n) is 20.4. The number of carbonyl (C=O) groups excluding carboxylic acids is 3. The summed E-state index contributed by atoms with van der Waals surface area (Å²) in [4.78, 5) is 38.1. The van der Waals surface area contributed by atoms with Crippen LogP contribution in [-0.4, -0.2) is 37.2 Å². The molecule has 0 unspecified atom stereocenters. The van der Waals surface area contributed by atoms with Gasteiger partial charge in [0.1, 0.15) is 13.2 Å². The fourth-order valence-corrected chi connectivity index (χ4v) is 8.92. The van der Waals surface area contributed by atoms with Gasteiger partial charge >= 0.3 is 17.9 Å². The van der Waals surface area contributed by atoms with E-state index in [1.165, 1.54) is 225 Å². The maximum absolute atomic E-state index is 12.8. The highest BCUT2D eigenvalue weighted by Gasteiger charge is 2.19. The van der Waals surface area contributed by atoms with Crippen LogP contribution < -0.4 is 0 Å². The molecule has 0 aliphatic rings. The van der Waals surface area contributed by atoms with Crippen molar-refractivity contribution in [1.29, 1.82) is 0 Å². The molecule has 0 heterocycles. The molecule has 0 N–H and O–H groups in total. The Balaban J connectivity index is 4.26. The average Bonchev–Trinajstić information content (AvgIpc) is 3.28. The van der Waals surface area contributed by atoms with Gasteiger partial charge in [-0.3, -0.25) is 14.4 Å². The van der Waals surface area contributed by atoms with Gasteiger partial charge < -0.3 is 14.2 Å². The summed E-state index contributed by atoms with van der Waals surface area (Å²) >= 11 is 0. The minimum Gasteiger partial charge on any atom is -0.462 e. The first kappa shape index (κ1) is 62.4. The summed E-state index contributed by atoms with van der Waals surface area (Å²) < 4.78 is 16.9. The third kappa shape index (κ3) is 51.4. The van der Waals surface area contributed by atoms with E-state index in [1.807, 2.05) is 0 Å². The van der Waals surface area contributed by atoms with Crippen LogP contribution in [0.25, 0.3) is 0 Å². The summed E-state index contributed by atoms with van der Waals surface area (Å²) in [6.07, 6.45) is 56.6. The Labute approximate surface area is 399 Å². The van der Waals surface area contributed by atoms with E-state index in [2.05, 4.69) is 27.7 Å². The molecule has 0 aromatic carbocycles. The maximum Gasteiger partial charge on any atom is 0.306 e. The van der Waals surface area contributed by atoms with Crippen LogP contribution in [0.15, 0.2) is 0 Å². The van der Waals surface area contributed by atoms with E-state index in [0.29, 0.717) is 19.3 Å². The van der Waals surface area contributed by atoms with Crippen LogP contribution in [0, 0.1) is 5.92 Å². The second kappa shape index (κ2) is 52.4. The Hall–Kier alpha value is -1.59. The van der Waals surface area contributed by atoms with Gasteiger partial charge in [-0.15, -0.1) is 0 Å². The summed E-state index contributed by atoms with van der Waals surface area (Å²) in [5.74, 6) is 0.00835. The normalized spacial score (nSPS) is 12.0.